The molecule has 0 aromatic rings. The predicted octanol–water partition coefficient (Wildman–Crippen LogP) is 4.13. The Morgan fingerprint density at radius 2 is 1.81 bits per heavy atom. The summed E-state index contributed by atoms with van der Waals surface area (Å²) in [7, 11) is 0. The molecule has 0 heterocycles. The first kappa shape index (κ1) is 9.74. The number of allylic oxidation sites excluding steroid dienone is 2. The molecular formula is C16H24. The second-order valence-corrected chi connectivity index (χ2v) is 7.81. The molecular weight excluding hydrogens is 192 g/mol. The second kappa shape index (κ2) is 2.44. The average molecular weight is 216 g/mol. The van der Waals surface area contributed by atoms with Gasteiger partial charge in [0.15, 0.2) is 0 Å². The Labute approximate surface area is 99.5 Å². The summed E-state index contributed by atoms with van der Waals surface area (Å²) in [5, 5.41) is 0. The van der Waals surface area contributed by atoms with Crippen LogP contribution in [0.5, 0.6) is 0 Å². The normalized spacial score (nSPS) is 70.2. The van der Waals surface area contributed by atoms with Gasteiger partial charge in [-0.3, -0.25) is 0 Å². The van der Waals surface area contributed by atoms with Gasteiger partial charge in [0.2, 0.25) is 0 Å². The molecule has 4 aliphatic rings. The van der Waals surface area contributed by atoms with E-state index in [1.54, 1.807) is 0 Å². The van der Waals surface area contributed by atoms with Crippen molar-refractivity contribution < 1.29 is 0 Å². The quantitative estimate of drug-likeness (QED) is 0.422. The molecule has 0 spiro atoms. The second-order valence-electron chi connectivity index (χ2n) is 7.81. The molecule has 0 aliphatic heterocycles. The van der Waals surface area contributed by atoms with Crippen LogP contribution in [-0.4, -0.2) is 0 Å². The maximum atomic E-state index is 2.61. The number of fused-ring (bicyclic) bond motifs is 9. The van der Waals surface area contributed by atoms with Crippen LogP contribution in [-0.2, 0) is 0 Å². The number of hydrogen-bond donors (Lipinski definition) is 0. The zero-order valence-corrected chi connectivity index (χ0v) is 11.0. The van der Waals surface area contributed by atoms with E-state index in [1.165, 1.54) is 12.8 Å². The van der Waals surface area contributed by atoms with Gasteiger partial charge in [0.05, 0.1) is 0 Å². The Morgan fingerprint density at radius 1 is 1.06 bits per heavy atom. The first-order valence-electron chi connectivity index (χ1n) is 7.17. The molecule has 88 valence electrons. The maximum Gasteiger partial charge on any atom is -0.0107 e. The predicted molar refractivity (Wildman–Crippen MR) is 66.9 cm³/mol. The zero-order chi connectivity index (χ0) is 11.3. The van der Waals surface area contributed by atoms with Crippen LogP contribution < -0.4 is 0 Å². The van der Waals surface area contributed by atoms with Crippen LogP contribution in [0.1, 0.15) is 40.5 Å². The molecule has 3 saturated carbocycles. The van der Waals surface area contributed by atoms with E-state index in [1.807, 2.05) is 0 Å². The lowest BCUT2D eigenvalue weighted by Crippen LogP contribution is -2.42. The molecule has 0 heteroatoms. The van der Waals surface area contributed by atoms with Crippen molar-refractivity contribution in [3.8, 4) is 0 Å². The summed E-state index contributed by atoms with van der Waals surface area (Å²) >= 11 is 0. The first-order valence-corrected chi connectivity index (χ1v) is 7.17. The third kappa shape index (κ3) is 0.772. The minimum Gasteiger partial charge on any atom is -0.0845 e. The standard InChI is InChI=1S/C16H24/c1-9-10(2)16(4)8-12(9)14-13(16)11-5-6-15(14,3)7-11/h5-6,9-14H,7-8H2,1-4H3. The van der Waals surface area contributed by atoms with Crippen molar-refractivity contribution in [2.24, 2.45) is 46.3 Å². The molecule has 4 bridgehead atoms. The lowest BCUT2D eigenvalue weighted by atomic mass is 9.57. The van der Waals surface area contributed by atoms with Gasteiger partial charge in [-0.2, -0.15) is 0 Å². The Morgan fingerprint density at radius 3 is 2.56 bits per heavy atom. The van der Waals surface area contributed by atoms with Gasteiger partial charge < -0.3 is 0 Å². The molecule has 0 aromatic carbocycles. The van der Waals surface area contributed by atoms with E-state index in [0.717, 1.165) is 35.5 Å². The van der Waals surface area contributed by atoms with Crippen molar-refractivity contribution in [1.82, 2.24) is 0 Å². The minimum atomic E-state index is 0.576. The molecule has 0 N–H and O–H groups in total. The van der Waals surface area contributed by atoms with E-state index in [4.69, 9.17) is 0 Å². The molecule has 0 radical (unpaired) electrons. The van der Waals surface area contributed by atoms with Crippen molar-refractivity contribution >= 4 is 0 Å². The highest BCUT2D eigenvalue weighted by Gasteiger charge is 2.70. The van der Waals surface area contributed by atoms with Crippen LogP contribution in [0.25, 0.3) is 0 Å². The van der Waals surface area contributed by atoms with E-state index in [9.17, 15) is 0 Å². The highest BCUT2D eigenvalue weighted by molar-refractivity contribution is 5.28. The van der Waals surface area contributed by atoms with Crippen LogP contribution in [0.15, 0.2) is 12.2 Å². The van der Waals surface area contributed by atoms with E-state index in [0.29, 0.717) is 10.8 Å². The first-order chi connectivity index (χ1) is 7.47. The lowest BCUT2D eigenvalue weighted by Gasteiger charge is -2.47. The number of hydrogen-bond acceptors (Lipinski definition) is 0. The Balaban J connectivity index is 1.86. The van der Waals surface area contributed by atoms with Gasteiger partial charge in [-0.25, -0.2) is 0 Å². The van der Waals surface area contributed by atoms with Crippen molar-refractivity contribution in [3.05, 3.63) is 12.2 Å². The SMILES string of the molecule is CC1C2CC(C)(C1C)C1C3C=CC(C)(C3)C21. The third-order valence-electron chi connectivity index (χ3n) is 7.41. The van der Waals surface area contributed by atoms with Gasteiger partial charge in [-0.15, -0.1) is 0 Å². The molecule has 0 amide bonds. The summed E-state index contributed by atoms with van der Waals surface area (Å²) < 4.78 is 0. The van der Waals surface area contributed by atoms with Crippen LogP contribution >= 0.6 is 0 Å². The molecule has 0 saturated heterocycles. The molecule has 8 unspecified atom stereocenters. The van der Waals surface area contributed by atoms with E-state index < -0.39 is 0 Å². The van der Waals surface area contributed by atoms with Crippen LogP contribution in [0.4, 0.5) is 0 Å². The topological polar surface area (TPSA) is 0 Å². The van der Waals surface area contributed by atoms with Crippen molar-refractivity contribution in [2.75, 3.05) is 0 Å². The lowest BCUT2D eigenvalue weighted by molar-refractivity contribution is 0.0265. The van der Waals surface area contributed by atoms with Crippen molar-refractivity contribution in [3.63, 3.8) is 0 Å². The van der Waals surface area contributed by atoms with Gasteiger partial charge in [0, 0.05) is 0 Å². The Hall–Kier alpha value is -0.260. The van der Waals surface area contributed by atoms with E-state index in [2.05, 4.69) is 39.8 Å². The zero-order valence-electron chi connectivity index (χ0n) is 11.0. The summed E-state index contributed by atoms with van der Waals surface area (Å²) in [5.41, 5.74) is 1.24. The van der Waals surface area contributed by atoms with Gasteiger partial charge in [0.1, 0.15) is 0 Å². The maximum absolute atomic E-state index is 2.61. The molecule has 16 heavy (non-hydrogen) atoms. The summed E-state index contributed by atoms with van der Waals surface area (Å²) in [4.78, 5) is 0. The summed E-state index contributed by atoms with van der Waals surface area (Å²) in [6.45, 7) is 10.2. The van der Waals surface area contributed by atoms with Gasteiger partial charge in [-0.05, 0) is 59.2 Å². The summed E-state index contributed by atoms with van der Waals surface area (Å²) in [6, 6.07) is 0. The molecule has 0 aromatic heterocycles. The highest BCUT2D eigenvalue weighted by Crippen LogP contribution is 2.76. The monoisotopic (exact) mass is 216 g/mol. The van der Waals surface area contributed by atoms with Gasteiger partial charge in [0.25, 0.3) is 0 Å². The Bertz CT molecular complexity index is 381. The fraction of sp³-hybridized carbons (Fsp3) is 0.875. The van der Waals surface area contributed by atoms with Crippen molar-refractivity contribution in [2.45, 2.75) is 40.5 Å². The number of rotatable bonds is 0. The summed E-state index contributed by atoms with van der Waals surface area (Å²) in [6.07, 6.45) is 8.12. The molecule has 0 nitrogen and oxygen atoms in total. The van der Waals surface area contributed by atoms with Gasteiger partial charge >= 0.3 is 0 Å². The fourth-order valence-electron chi connectivity index (χ4n) is 6.56. The van der Waals surface area contributed by atoms with E-state index >= 15 is 0 Å². The third-order valence-corrected chi connectivity index (χ3v) is 7.41. The van der Waals surface area contributed by atoms with Crippen LogP contribution in [0.2, 0.25) is 0 Å². The molecule has 4 aliphatic carbocycles. The molecule has 8 atom stereocenters. The Kier molecular flexibility index (Phi) is 1.49. The smallest absolute Gasteiger partial charge is 0.0107 e. The van der Waals surface area contributed by atoms with Crippen LogP contribution in [0, 0.1) is 46.3 Å². The van der Waals surface area contributed by atoms with E-state index in [-0.39, 0.29) is 0 Å². The summed E-state index contributed by atoms with van der Waals surface area (Å²) in [5.74, 6) is 5.94. The van der Waals surface area contributed by atoms with Crippen LogP contribution in [0.3, 0.4) is 0 Å². The molecule has 3 fully saturated rings. The largest absolute Gasteiger partial charge is 0.0845 e. The van der Waals surface area contributed by atoms with Crippen molar-refractivity contribution in [1.29, 1.82) is 0 Å². The fourth-order valence-corrected chi connectivity index (χ4v) is 6.56. The average Bonchev–Trinajstić information content (AvgIpc) is 2.88. The van der Waals surface area contributed by atoms with Gasteiger partial charge in [-0.1, -0.05) is 39.8 Å². The molecule has 4 rings (SSSR count). The highest BCUT2D eigenvalue weighted by atomic mass is 14.7. The minimum absolute atomic E-state index is 0.576.